The summed E-state index contributed by atoms with van der Waals surface area (Å²) < 4.78 is 0. The first-order valence-corrected chi connectivity index (χ1v) is 7.16. The van der Waals surface area contributed by atoms with E-state index in [0.29, 0.717) is 11.1 Å². The highest BCUT2D eigenvalue weighted by Crippen LogP contribution is 2.23. The number of benzene rings is 3. The van der Waals surface area contributed by atoms with Crippen LogP contribution in [0.25, 0.3) is 11.1 Å². The normalized spacial score (nSPS) is 9.65. The van der Waals surface area contributed by atoms with Gasteiger partial charge >= 0.3 is 0 Å². The summed E-state index contributed by atoms with van der Waals surface area (Å²) in [5.74, 6) is 0. The Morgan fingerprint density at radius 1 is 0.522 bits per heavy atom. The van der Waals surface area contributed by atoms with E-state index in [1.807, 2.05) is 60.7 Å². The first-order valence-electron chi connectivity index (χ1n) is 7.16. The van der Waals surface area contributed by atoms with E-state index in [9.17, 15) is 0 Å². The lowest BCUT2D eigenvalue weighted by Gasteiger charge is -2.08. The lowest BCUT2D eigenvalue weighted by atomic mass is 10.0. The van der Waals surface area contributed by atoms with E-state index in [4.69, 9.17) is 10.5 Å². The summed E-state index contributed by atoms with van der Waals surface area (Å²) in [4.78, 5) is 0. The molecular formula is C20H13N3. The molecule has 0 saturated heterocycles. The number of nitriles is 2. The van der Waals surface area contributed by atoms with Crippen LogP contribution < -0.4 is 5.32 Å². The number of rotatable bonds is 3. The average Bonchev–Trinajstić information content (AvgIpc) is 2.63. The van der Waals surface area contributed by atoms with Crippen molar-refractivity contribution in [3.63, 3.8) is 0 Å². The number of hydrogen-bond donors (Lipinski definition) is 1. The molecule has 0 unspecified atom stereocenters. The fourth-order valence-electron chi connectivity index (χ4n) is 2.28. The van der Waals surface area contributed by atoms with Gasteiger partial charge in [0.2, 0.25) is 0 Å². The predicted molar refractivity (Wildman–Crippen MR) is 91.0 cm³/mol. The van der Waals surface area contributed by atoms with Gasteiger partial charge in [-0.1, -0.05) is 24.3 Å². The summed E-state index contributed by atoms with van der Waals surface area (Å²) in [6.45, 7) is 0. The highest BCUT2D eigenvalue weighted by Gasteiger charge is 2.00. The van der Waals surface area contributed by atoms with E-state index in [-0.39, 0.29) is 0 Å². The van der Waals surface area contributed by atoms with Crippen LogP contribution in [-0.2, 0) is 0 Å². The van der Waals surface area contributed by atoms with Crippen LogP contribution in [0.3, 0.4) is 0 Å². The van der Waals surface area contributed by atoms with E-state index in [0.717, 1.165) is 22.5 Å². The van der Waals surface area contributed by atoms with Gasteiger partial charge in [-0.15, -0.1) is 0 Å². The molecule has 0 bridgehead atoms. The Hall–Kier alpha value is -3.56. The zero-order valence-electron chi connectivity index (χ0n) is 12.3. The van der Waals surface area contributed by atoms with Gasteiger partial charge < -0.3 is 5.32 Å². The topological polar surface area (TPSA) is 59.6 Å². The number of nitrogens with zero attached hydrogens (tertiary/aromatic N) is 2. The number of hydrogen-bond acceptors (Lipinski definition) is 3. The van der Waals surface area contributed by atoms with Crippen LogP contribution in [0.5, 0.6) is 0 Å². The lowest BCUT2D eigenvalue weighted by Crippen LogP contribution is -1.90. The molecule has 3 heteroatoms. The van der Waals surface area contributed by atoms with E-state index in [1.54, 1.807) is 12.1 Å². The van der Waals surface area contributed by atoms with Crippen LogP contribution in [0.15, 0.2) is 72.8 Å². The molecule has 0 radical (unpaired) electrons. The zero-order chi connectivity index (χ0) is 16.1. The van der Waals surface area contributed by atoms with Gasteiger partial charge in [0, 0.05) is 11.4 Å². The third kappa shape index (κ3) is 3.37. The Balaban J connectivity index is 1.76. The average molecular weight is 295 g/mol. The third-order valence-electron chi connectivity index (χ3n) is 3.53. The first-order chi connectivity index (χ1) is 11.3. The molecule has 108 valence electrons. The molecule has 0 fully saturated rings. The Labute approximate surface area is 135 Å². The van der Waals surface area contributed by atoms with Gasteiger partial charge in [0.25, 0.3) is 0 Å². The maximum Gasteiger partial charge on any atom is 0.0991 e. The highest BCUT2D eigenvalue weighted by atomic mass is 14.9. The van der Waals surface area contributed by atoms with Crippen molar-refractivity contribution in [2.24, 2.45) is 0 Å². The molecular weight excluding hydrogens is 282 g/mol. The smallest absolute Gasteiger partial charge is 0.0991 e. The molecule has 0 saturated carbocycles. The Bertz CT molecular complexity index is 878. The zero-order valence-corrected chi connectivity index (χ0v) is 12.3. The van der Waals surface area contributed by atoms with Gasteiger partial charge in [-0.05, 0) is 59.7 Å². The molecule has 23 heavy (non-hydrogen) atoms. The van der Waals surface area contributed by atoms with Gasteiger partial charge in [-0.2, -0.15) is 10.5 Å². The van der Waals surface area contributed by atoms with Crippen molar-refractivity contribution in [3.05, 3.63) is 83.9 Å². The molecule has 0 atom stereocenters. The molecule has 0 aromatic heterocycles. The molecule has 0 amide bonds. The maximum atomic E-state index is 8.83. The largest absolute Gasteiger partial charge is 0.356 e. The van der Waals surface area contributed by atoms with Crippen molar-refractivity contribution in [1.29, 1.82) is 10.5 Å². The fraction of sp³-hybridized carbons (Fsp3) is 0. The van der Waals surface area contributed by atoms with E-state index in [1.165, 1.54) is 0 Å². The minimum Gasteiger partial charge on any atom is -0.356 e. The van der Waals surface area contributed by atoms with Crippen molar-refractivity contribution < 1.29 is 0 Å². The van der Waals surface area contributed by atoms with Crippen LogP contribution in [0, 0.1) is 22.7 Å². The van der Waals surface area contributed by atoms with Crippen molar-refractivity contribution in [2.45, 2.75) is 0 Å². The number of anilines is 2. The summed E-state index contributed by atoms with van der Waals surface area (Å²) in [6, 6.07) is 27.2. The van der Waals surface area contributed by atoms with Gasteiger partial charge in [0.05, 0.1) is 23.3 Å². The van der Waals surface area contributed by atoms with Crippen LogP contribution in [0.1, 0.15) is 11.1 Å². The Morgan fingerprint density at radius 2 is 0.870 bits per heavy atom. The summed E-state index contributed by atoms with van der Waals surface area (Å²) in [5, 5.41) is 20.9. The first kappa shape index (κ1) is 14.4. The van der Waals surface area contributed by atoms with Crippen LogP contribution in [0.2, 0.25) is 0 Å². The second kappa shape index (κ2) is 6.47. The highest BCUT2D eigenvalue weighted by molar-refractivity contribution is 5.69. The standard InChI is InChI=1S/C20H13N3/c21-13-15-1-5-17(6-2-15)18-7-11-20(12-8-18)23-19-9-3-16(14-22)4-10-19/h1-12,23H. The molecule has 0 aliphatic rings. The van der Waals surface area contributed by atoms with Gasteiger partial charge in [0.1, 0.15) is 0 Å². The summed E-state index contributed by atoms with van der Waals surface area (Å²) >= 11 is 0. The molecule has 1 N–H and O–H groups in total. The molecule has 3 aromatic carbocycles. The Morgan fingerprint density at radius 3 is 1.30 bits per heavy atom. The van der Waals surface area contributed by atoms with Crippen molar-refractivity contribution in [3.8, 4) is 23.3 Å². The van der Waals surface area contributed by atoms with Crippen LogP contribution in [0.4, 0.5) is 11.4 Å². The van der Waals surface area contributed by atoms with Crippen LogP contribution in [-0.4, -0.2) is 0 Å². The monoisotopic (exact) mass is 295 g/mol. The van der Waals surface area contributed by atoms with E-state index < -0.39 is 0 Å². The van der Waals surface area contributed by atoms with Crippen molar-refractivity contribution in [1.82, 2.24) is 0 Å². The Kier molecular flexibility index (Phi) is 4.05. The second-order valence-corrected chi connectivity index (χ2v) is 5.08. The quantitative estimate of drug-likeness (QED) is 0.752. The molecule has 0 heterocycles. The summed E-state index contributed by atoms with van der Waals surface area (Å²) in [5.41, 5.74) is 5.40. The summed E-state index contributed by atoms with van der Waals surface area (Å²) in [7, 11) is 0. The van der Waals surface area contributed by atoms with E-state index >= 15 is 0 Å². The summed E-state index contributed by atoms with van der Waals surface area (Å²) in [6.07, 6.45) is 0. The minimum atomic E-state index is 0.645. The van der Waals surface area contributed by atoms with Crippen molar-refractivity contribution in [2.75, 3.05) is 5.32 Å². The fourth-order valence-corrected chi connectivity index (χ4v) is 2.28. The van der Waals surface area contributed by atoms with Crippen LogP contribution >= 0.6 is 0 Å². The maximum absolute atomic E-state index is 8.83. The molecule has 0 aliphatic carbocycles. The minimum absolute atomic E-state index is 0.645. The van der Waals surface area contributed by atoms with Gasteiger partial charge in [-0.25, -0.2) is 0 Å². The molecule has 3 aromatic rings. The van der Waals surface area contributed by atoms with Crippen molar-refractivity contribution >= 4 is 11.4 Å². The molecule has 0 spiro atoms. The lowest BCUT2D eigenvalue weighted by molar-refractivity contribution is 1.47. The molecule has 0 aliphatic heterocycles. The molecule has 3 nitrogen and oxygen atoms in total. The second-order valence-electron chi connectivity index (χ2n) is 5.08. The number of nitrogens with one attached hydrogen (secondary N) is 1. The predicted octanol–water partition coefficient (Wildman–Crippen LogP) is 4.84. The SMILES string of the molecule is N#Cc1ccc(Nc2ccc(-c3ccc(C#N)cc3)cc2)cc1. The van der Waals surface area contributed by atoms with Gasteiger partial charge in [0.15, 0.2) is 0 Å². The third-order valence-corrected chi connectivity index (χ3v) is 3.53. The molecule has 3 rings (SSSR count). The van der Waals surface area contributed by atoms with Gasteiger partial charge in [-0.3, -0.25) is 0 Å². The van der Waals surface area contributed by atoms with E-state index in [2.05, 4.69) is 17.5 Å².